The van der Waals surface area contributed by atoms with Crippen molar-refractivity contribution in [3.8, 4) is 11.4 Å². The molecule has 23 heavy (non-hydrogen) atoms. The molecule has 0 saturated carbocycles. The summed E-state index contributed by atoms with van der Waals surface area (Å²) < 4.78 is 2.12. The Morgan fingerprint density at radius 2 is 2.00 bits per heavy atom. The molecule has 0 saturated heterocycles. The first kappa shape index (κ1) is 14.4. The summed E-state index contributed by atoms with van der Waals surface area (Å²) in [6, 6.07) is 1.20. The van der Waals surface area contributed by atoms with Gasteiger partial charge in [-0.25, -0.2) is 14.8 Å². The number of fused-ring (bicyclic) bond motifs is 1. The number of nitrogens with two attached hydrogens (primary N) is 1. The minimum Gasteiger partial charge on any atom is -0.383 e. The summed E-state index contributed by atoms with van der Waals surface area (Å²) >= 11 is 0. The Labute approximate surface area is 127 Å². The van der Waals surface area contributed by atoms with Crippen molar-refractivity contribution < 1.29 is 4.92 Å². The first-order valence-corrected chi connectivity index (χ1v) is 6.37. The van der Waals surface area contributed by atoms with E-state index in [9.17, 15) is 19.7 Å². The number of nitrogen functional groups attached to an aromatic ring is 1. The van der Waals surface area contributed by atoms with Gasteiger partial charge in [-0.05, 0) is 0 Å². The maximum atomic E-state index is 12.1. The molecular formula is C12H11N7O4. The Hall–Kier alpha value is -3.50. The number of aryl methyl sites for hydroxylation is 1. The molecular weight excluding hydrogens is 306 g/mol. The van der Waals surface area contributed by atoms with Gasteiger partial charge < -0.3 is 10.7 Å². The Morgan fingerprint density at radius 3 is 2.65 bits per heavy atom. The van der Waals surface area contributed by atoms with Crippen LogP contribution in [0, 0.1) is 10.1 Å². The second-order valence-corrected chi connectivity index (χ2v) is 4.87. The van der Waals surface area contributed by atoms with Crippen LogP contribution in [0.2, 0.25) is 0 Å². The fraction of sp³-hybridized carbons (Fsp3) is 0.167. The molecule has 0 fully saturated rings. The summed E-state index contributed by atoms with van der Waals surface area (Å²) in [7, 11) is 2.80. The van der Waals surface area contributed by atoms with Gasteiger partial charge in [0, 0.05) is 20.2 Å². The van der Waals surface area contributed by atoms with Crippen LogP contribution in [-0.2, 0) is 14.1 Å². The average molecular weight is 317 g/mol. The quantitative estimate of drug-likeness (QED) is 0.477. The van der Waals surface area contributed by atoms with E-state index in [1.807, 2.05) is 0 Å². The second-order valence-electron chi connectivity index (χ2n) is 4.87. The monoisotopic (exact) mass is 317 g/mol. The fourth-order valence-electron chi connectivity index (χ4n) is 2.21. The fourth-order valence-corrected chi connectivity index (χ4v) is 2.21. The Balaban J connectivity index is 2.35. The molecule has 3 N–H and O–H groups in total. The highest BCUT2D eigenvalue weighted by atomic mass is 16.6. The van der Waals surface area contributed by atoms with Crippen molar-refractivity contribution in [1.82, 2.24) is 24.1 Å². The molecule has 3 aromatic rings. The van der Waals surface area contributed by atoms with E-state index in [0.717, 1.165) is 10.8 Å². The lowest BCUT2D eigenvalue weighted by atomic mass is 10.2. The SMILES string of the molecule is Cn1c(=O)c2[nH]c(-c3cc([N+](=O)[O-])cnc3N)nc2n(C)c1=O. The lowest BCUT2D eigenvalue weighted by molar-refractivity contribution is -0.385. The van der Waals surface area contributed by atoms with Gasteiger partial charge in [-0.1, -0.05) is 0 Å². The zero-order valence-electron chi connectivity index (χ0n) is 12.1. The third kappa shape index (κ3) is 2.06. The molecule has 0 aliphatic heterocycles. The van der Waals surface area contributed by atoms with Gasteiger partial charge >= 0.3 is 5.69 Å². The third-order valence-corrected chi connectivity index (χ3v) is 3.46. The Morgan fingerprint density at radius 1 is 1.30 bits per heavy atom. The van der Waals surface area contributed by atoms with E-state index >= 15 is 0 Å². The van der Waals surface area contributed by atoms with Crippen molar-refractivity contribution in [2.75, 3.05) is 5.73 Å². The summed E-state index contributed by atoms with van der Waals surface area (Å²) in [5.41, 5.74) is 4.76. The number of hydrogen-bond acceptors (Lipinski definition) is 7. The highest BCUT2D eigenvalue weighted by molar-refractivity contribution is 5.79. The molecule has 3 rings (SSSR count). The standard InChI is InChI=1S/C12H11N7O4/c1-17-10-7(11(20)18(2)12(17)21)15-9(16-10)6-3-5(19(22)23)4-14-8(6)13/h3-4H,1-2H3,(H2,13,14)(H,15,16). The highest BCUT2D eigenvalue weighted by Crippen LogP contribution is 2.26. The van der Waals surface area contributed by atoms with Gasteiger partial charge in [0.1, 0.15) is 23.4 Å². The molecule has 3 heterocycles. The highest BCUT2D eigenvalue weighted by Gasteiger charge is 2.18. The summed E-state index contributed by atoms with van der Waals surface area (Å²) in [4.78, 5) is 44.9. The number of H-pyrrole nitrogens is 1. The van der Waals surface area contributed by atoms with Crippen LogP contribution in [0.25, 0.3) is 22.6 Å². The molecule has 3 aromatic heterocycles. The minimum absolute atomic E-state index is 0.0106. The summed E-state index contributed by atoms with van der Waals surface area (Å²) in [6.07, 6.45) is 1.02. The maximum Gasteiger partial charge on any atom is 0.332 e. The van der Waals surface area contributed by atoms with Gasteiger partial charge in [0.2, 0.25) is 0 Å². The summed E-state index contributed by atoms with van der Waals surface area (Å²) in [5, 5.41) is 10.9. The number of anilines is 1. The van der Waals surface area contributed by atoms with E-state index in [2.05, 4.69) is 15.0 Å². The van der Waals surface area contributed by atoms with E-state index in [1.54, 1.807) is 0 Å². The van der Waals surface area contributed by atoms with Crippen molar-refractivity contribution in [2.24, 2.45) is 14.1 Å². The van der Waals surface area contributed by atoms with E-state index in [4.69, 9.17) is 5.73 Å². The average Bonchev–Trinajstić information content (AvgIpc) is 2.96. The second kappa shape index (κ2) is 4.76. The van der Waals surface area contributed by atoms with Crippen molar-refractivity contribution in [2.45, 2.75) is 0 Å². The number of imidazole rings is 1. The van der Waals surface area contributed by atoms with Crippen LogP contribution in [-0.4, -0.2) is 29.0 Å². The molecule has 11 heteroatoms. The topological polar surface area (TPSA) is 155 Å². The minimum atomic E-state index is -0.618. The normalized spacial score (nSPS) is 11.0. The van der Waals surface area contributed by atoms with Crippen molar-refractivity contribution in [3.05, 3.63) is 43.2 Å². The molecule has 11 nitrogen and oxygen atoms in total. The molecule has 0 amide bonds. The van der Waals surface area contributed by atoms with E-state index < -0.39 is 16.2 Å². The molecule has 0 aliphatic rings. The number of rotatable bonds is 2. The molecule has 0 radical (unpaired) electrons. The maximum absolute atomic E-state index is 12.1. The van der Waals surface area contributed by atoms with Crippen LogP contribution < -0.4 is 17.0 Å². The summed E-state index contributed by atoms with van der Waals surface area (Å²) in [6.45, 7) is 0. The van der Waals surface area contributed by atoms with Crippen molar-refractivity contribution in [3.63, 3.8) is 0 Å². The van der Waals surface area contributed by atoms with Crippen LogP contribution in [0.1, 0.15) is 0 Å². The van der Waals surface area contributed by atoms with Gasteiger partial charge in [0.15, 0.2) is 5.65 Å². The molecule has 118 valence electrons. The number of nitrogens with zero attached hydrogens (tertiary/aromatic N) is 5. The predicted molar refractivity (Wildman–Crippen MR) is 80.9 cm³/mol. The molecule has 0 spiro atoms. The van der Waals surface area contributed by atoms with Gasteiger partial charge in [-0.3, -0.25) is 24.0 Å². The van der Waals surface area contributed by atoms with E-state index in [-0.39, 0.29) is 34.1 Å². The van der Waals surface area contributed by atoms with E-state index in [1.165, 1.54) is 24.7 Å². The molecule has 0 unspecified atom stereocenters. The Kier molecular flexibility index (Phi) is 2.99. The van der Waals surface area contributed by atoms with Crippen molar-refractivity contribution in [1.29, 1.82) is 0 Å². The third-order valence-electron chi connectivity index (χ3n) is 3.46. The number of aromatic amines is 1. The van der Waals surface area contributed by atoms with Crippen LogP contribution in [0.15, 0.2) is 21.9 Å². The van der Waals surface area contributed by atoms with Crippen LogP contribution in [0.5, 0.6) is 0 Å². The molecule has 0 atom stereocenters. The first-order chi connectivity index (χ1) is 10.8. The molecule has 0 aliphatic carbocycles. The zero-order chi connectivity index (χ0) is 16.9. The predicted octanol–water partition coefficient (Wildman–Crippen LogP) is -0.487. The van der Waals surface area contributed by atoms with Gasteiger partial charge in [-0.2, -0.15) is 0 Å². The van der Waals surface area contributed by atoms with E-state index in [0.29, 0.717) is 0 Å². The van der Waals surface area contributed by atoms with Crippen molar-refractivity contribution >= 4 is 22.7 Å². The number of hydrogen-bond donors (Lipinski definition) is 2. The van der Waals surface area contributed by atoms with Crippen LogP contribution >= 0.6 is 0 Å². The number of nitro groups is 1. The number of nitrogens with one attached hydrogen (secondary N) is 1. The zero-order valence-corrected chi connectivity index (χ0v) is 12.1. The summed E-state index contributed by atoms with van der Waals surface area (Å²) in [5.74, 6) is 0.128. The van der Waals surface area contributed by atoms with Gasteiger partial charge in [0.25, 0.3) is 11.2 Å². The molecule has 0 bridgehead atoms. The lowest BCUT2D eigenvalue weighted by Gasteiger charge is -2.01. The van der Waals surface area contributed by atoms with Gasteiger partial charge in [-0.15, -0.1) is 0 Å². The van der Waals surface area contributed by atoms with Crippen LogP contribution in [0.4, 0.5) is 11.5 Å². The number of pyridine rings is 1. The molecule has 0 aromatic carbocycles. The Bertz CT molecular complexity index is 1080. The number of aromatic nitrogens is 5. The van der Waals surface area contributed by atoms with Crippen LogP contribution in [0.3, 0.4) is 0 Å². The lowest BCUT2D eigenvalue weighted by Crippen LogP contribution is -2.36. The first-order valence-electron chi connectivity index (χ1n) is 6.37. The largest absolute Gasteiger partial charge is 0.383 e. The smallest absolute Gasteiger partial charge is 0.332 e. The van der Waals surface area contributed by atoms with Gasteiger partial charge in [0.05, 0.1) is 10.5 Å².